The van der Waals surface area contributed by atoms with Gasteiger partial charge < -0.3 is 10.6 Å². The molecular formula is C8H14N4O. The van der Waals surface area contributed by atoms with Gasteiger partial charge in [0.05, 0.1) is 6.20 Å². The van der Waals surface area contributed by atoms with Crippen molar-refractivity contribution in [3.8, 4) is 0 Å². The third-order valence-corrected chi connectivity index (χ3v) is 1.76. The van der Waals surface area contributed by atoms with Crippen molar-refractivity contribution in [1.29, 1.82) is 0 Å². The summed E-state index contributed by atoms with van der Waals surface area (Å²) in [5.74, 6) is 0.0590. The van der Waals surface area contributed by atoms with Crippen LogP contribution in [0.2, 0.25) is 0 Å². The number of carbonyl (C=O) groups is 1. The zero-order valence-corrected chi connectivity index (χ0v) is 7.66. The van der Waals surface area contributed by atoms with E-state index in [1.54, 1.807) is 24.3 Å². The number of nitrogens with two attached hydrogens (primary N) is 1. The predicted molar refractivity (Wildman–Crippen MR) is 48.7 cm³/mol. The van der Waals surface area contributed by atoms with Gasteiger partial charge in [0.1, 0.15) is 0 Å². The first-order chi connectivity index (χ1) is 6.24. The molecule has 0 unspecified atom stereocenters. The van der Waals surface area contributed by atoms with Crippen molar-refractivity contribution in [2.75, 3.05) is 13.6 Å². The Morgan fingerprint density at radius 1 is 1.77 bits per heavy atom. The van der Waals surface area contributed by atoms with Crippen molar-refractivity contribution in [2.24, 2.45) is 5.73 Å². The van der Waals surface area contributed by atoms with Crippen molar-refractivity contribution < 1.29 is 4.79 Å². The number of aromatic nitrogens is 2. The maximum absolute atomic E-state index is 11.3. The molecular weight excluding hydrogens is 168 g/mol. The van der Waals surface area contributed by atoms with Crippen LogP contribution in [0.1, 0.15) is 12.0 Å². The summed E-state index contributed by atoms with van der Waals surface area (Å²) in [7, 11) is 1.75. The Bertz CT molecular complexity index is 257. The number of rotatable bonds is 4. The number of H-pyrrole nitrogens is 1. The molecule has 0 spiro atoms. The topological polar surface area (TPSA) is 75.0 Å². The summed E-state index contributed by atoms with van der Waals surface area (Å²) in [5, 5.41) is 6.49. The highest BCUT2D eigenvalue weighted by Gasteiger charge is 2.07. The monoisotopic (exact) mass is 182 g/mol. The van der Waals surface area contributed by atoms with E-state index in [0.717, 1.165) is 5.56 Å². The van der Waals surface area contributed by atoms with Crippen LogP contribution in [0.3, 0.4) is 0 Å². The van der Waals surface area contributed by atoms with Crippen LogP contribution in [0.5, 0.6) is 0 Å². The standard InChI is InChI=1S/C8H14N4O/c1-12(8(13)2-3-9)6-7-4-10-11-5-7/h4-5H,2-3,6,9H2,1H3,(H,10,11). The molecule has 0 aliphatic carbocycles. The highest BCUT2D eigenvalue weighted by atomic mass is 16.2. The number of hydrogen-bond acceptors (Lipinski definition) is 3. The number of nitrogens with one attached hydrogen (secondary N) is 1. The van der Waals surface area contributed by atoms with Gasteiger partial charge in [0.15, 0.2) is 0 Å². The first-order valence-electron chi connectivity index (χ1n) is 4.15. The smallest absolute Gasteiger partial charge is 0.223 e. The quantitative estimate of drug-likeness (QED) is 0.672. The van der Waals surface area contributed by atoms with E-state index in [4.69, 9.17) is 5.73 Å². The lowest BCUT2D eigenvalue weighted by atomic mass is 10.3. The van der Waals surface area contributed by atoms with Crippen molar-refractivity contribution >= 4 is 5.91 Å². The Balaban J connectivity index is 2.41. The van der Waals surface area contributed by atoms with E-state index >= 15 is 0 Å². The van der Waals surface area contributed by atoms with Gasteiger partial charge in [0.25, 0.3) is 0 Å². The van der Waals surface area contributed by atoms with Gasteiger partial charge in [-0.1, -0.05) is 0 Å². The number of amides is 1. The van der Waals surface area contributed by atoms with E-state index in [0.29, 0.717) is 19.5 Å². The molecule has 3 N–H and O–H groups in total. The molecule has 0 fully saturated rings. The molecule has 0 aromatic carbocycles. The van der Waals surface area contributed by atoms with E-state index in [1.807, 2.05) is 0 Å². The Labute approximate surface area is 76.9 Å². The molecule has 1 aromatic rings. The average Bonchev–Trinajstić information content (AvgIpc) is 2.57. The fourth-order valence-electron chi connectivity index (χ4n) is 1.04. The lowest BCUT2D eigenvalue weighted by Crippen LogP contribution is -2.27. The van der Waals surface area contributed by atoms with Gasteiger partial charge in [-0.2, -0.15) is 5.10 Å². The minimum absolute atomic E-state index is 0.0590. The molecule has 0 aliphatic heterocycles. The lowest BCUT2D eigenvalue weighted by Gasteiger charge is -2.15. The third-order valence-electron chi connectivity index (χ3n) is 1.76. The van der Waals surface area contributed by atoms with Crippen LogP contribution >= 0.6 is 0 Å². The second-order valence-corrected chi connectivity index (χ2v) is 2.90. The first-order valence-corrected chi connectivity index (χ1v) is 4.15. The minimum Gasteiger partial charge on any atom is -0.341 e. The van der Waals surface area contributed by atoms with E-state index in [9.17, 15) is 4.79 Å². The Morgan fingerprint density at radius 3 is 3.08 bits per heavy atom. The second kappa shape index (κ2) is 4.61. The molecule has 0 aliphatic rings. The van der Waals surface area contributed by atoms with Gasteiger partial charge in [0.2, 0.25) is 5.91 Å². The van der Waals surface area contributed by atoms with E-state index in [2.05, 4.69) is 10.2 Å². The zero-order chi connectivity index (χ0) is 9.68. The van der Waals surface area contributed by atoms with Crippen molar-refractivity contribution in [3.63, 3.8) is 0 Å². The molecule has 0 bridgehead atoms. The molecule has 1 aromatic heterocycles. The van der Waals surface area contributed by atoms with Crippen LogP contribution in [0.15, 0.2) is 12.4 Å². The van der Waals surface area contributed by atoms with Gasteiger partial charge in [-0.05, 0) is 0 Å². The van der Waals surface area contributed by atoms with E-state index < -0.39 is 0 Å². The minimum atomic E-state index is 0.0590. The summed E-state index contributed by atoms with van der Waals surface area (Å²) >= 11 is 0. The average molecular weight is 182 g/mol. The summed E-state index contributed by atoms with van der Waals surface area (Å²) in [6, 6.07) is 0. The van der Waals surface area contributed by atoms with Gasteiger partial charge in [-0.25, -0.2) is 0 Å². The van der Waals surface area contributed by atoms with E-state index in [-0.39, 0.29) is 5.91 Å². The zero-order valence-electron chi connectivity index (χ0n) is 7.66. The van der Waals surface area contributed by atoms with Crippen LogP contribution in [0.25, 0.3) is 0 Å². The first kappa shape index (κ1) is 9.73. The number of hydrogen-bond donors (Lipinski definition) is 2. The Morgan fingerprint density at radius 2 is 2.54 bits per heavy atom. The Hall–Kier alpha value is -1.36. The number of nitrogens with zero attached hydrogens (tertiary/aromatic N) is 2. The largest absolute Gasteiger partial charge is 0.341 e. The highest BCUT2D eigenvalue weighted by Crippen LogP contribution is 2.00. The molecule has 72 valence electrons. The van der Waals surface area contributed by atoms with Crippen LogP contribution in [-0.4, -0.2) is 34.6 Å². The van der Waals surface area contributed by atoms with Crippen LogP contribution in [0, 0.1) is 0 Å². The maximum atomic E-state index is 11.3. The highest BCUT2D eigenvalue weighted by molar-refractivity contribution is 5.75. The van der Waals surface area contributed by atoms with Crippen molar-refractivity contribution in [2.45, 2.75) is 13.0 Å². The van der Waals surface area contributed by atoms with Gasteiger partial charge in [0, 0.05) is 38.3 Å². The summed E-state index contributed by atoms with van der Waals surface area (Å²) in [5.41, 5.74) is 6.27. The summed E-state index contributed by atoms with van der Waals surface area (Å²) in [4.78, 5) is 12.9. The van der Waals surface area contributed by atoms with Crippen molar-refractivity contribution in [1.82, 2.24) is 15.1 Å². The number of aromatic amines is 1. The fourth-order valence-corrected chi connectivity index (χ4v) is 1.04. The fraction of sp³-hybridized carbons (Fsp3) is 0.500. The van der Waals surface area contributed by atoms with Gasteiger partial charge >= 0.3 is 0 Å². The maximum Gasteiger partial charge on any atom is 0.223 e. The normalized spacial score (nSPS) is 10.0. The van der Waals surface area contributed by atoms with Crippen LogP contribution < -0.4 is 5.73 Å². The molecule has 5 nitrogen and oxygen atoms in total. The molecule has 1 heterocycles. The molecule has 5 heteroatoms. The molecule has 1 amide bonds. The summed E-state index contributed by atoms with van der Waals surface area (Å²) < 4.78 is 0. The van der Waals surface area contributed by atoms with Crippen LogP contribution in [-0.2, 0) is 11.3 Å². The molecule has 0 atom stereocenters. The van der Waals surface area contributed by atoms with E-state index in [1.165, 1.54) is 0 Å². The molecule has 1 rings (SSSR count). The third kappa shape index (κ3) is 2.87. The lowest BCUT2D eigenvalue weighted by molar-refractivity contribution is -0.130. The van der Waals surface area contributed by atoms with Gasteiger partial charge in [-0.15, -0.1) is 0 Å². The second-order valence-electron chi connectivity index (χ2n) is 2.90. The predicted octanol–water partition coefficient (Wildman–Crippen LogP) is -0.283. The van der Waals surface area contributed by atoms with Gasteiger partial charge in [-0.3, -0.25) is 9.89 Å². The SMILES string of the molecule is CN(Cc1cn[nH]c1)C(=O)CCN. The summed E-state index contributed by atoms with van der Waals surface area (Å²) in [6.07, 6.45) is 3.87. The molecule has 13 heavy (non-hydrogen) atoms. The Kier molecular flexibility index (Phi) is 3.45. The molecule has 0 saturated heterocycles. The van der Waals surface area contributed by atoms with Crippen molar-refractivity contribution in [3.05, 3.63) is 18.0 Å². The van der Waals surface area contributed by atoms with Crippen LogP contribution in [0.4, 0.5) is 0 Å². The molecule has 0 saturated carbocycles. The molecule has 0 radical (unpaired) electrons. The number of carbonyl (C=O) groups excluding carboxylic acids is 1. The summed E-state index contributed by atoms with van der Waals surface area (Å²) in [6.45, 7) is 0.976.